The molecule has 2 aliphatic rings. The quantitative estimate of drug-likeness (QED) is 0.626. The molecule has 0 aliphatic carbocycles. The van der Waals surface area contributed by atoms with Gasteiger partial charge in [0.25, 0.3) is 11.8 Å². The van der Waals surface area contributed by atoms with E-state index in [1.54, 1.807) is 48.5 Å². The van der Waals surface area contributed by atoms with Crippen molar-refractivity contribution in [2.75, 3.05) is 18.0 Å². The number of halogens is 2. The van der Waals surface area contributed by atoms with Crippen LogP contribution in [0.4, 0.5) is 5.69 Å². The second-order valence-electron chi connectivity index (χ2n) is 7.98. The number of carbonyl (C=O) groups excluding carboxylic acids is 2. The highest BCUT2D eigenvalue weighted by Crippen LogP contribution is 2.39. The summed E-state index contributed by atoms with van der Waals surface area (Å²) in [6.07, 6.45) is 1.11. The zero-order valence-corrected chi connectivity index (χ0v) is 17.9. The number of imide groups is 1. The molecule has 2 amide bonds. The van der Waals surface area contributed by atoms with Crippen LogP contribution in [0.5, 0.6) is 0 Å². The van der Waals surface area contributed by atoms with Crippen molar-refractivity contribution in [3.8, 4) is 0 Å². The van der Waals surface area contributed by atoms with Crippen LogP contribution in [0.3, 0.4) is 0 Å². The lowest BCUT2D eigenvalue weighted by Crippen LogP contribution is -2.42. The summed E-state index contributed by atoms with van der Waals surface area (Å²) in [4.78, 5) is 30.3. The van der Waals surface area contributed by atoms with Crippen LogP contribution in [0, 0.1) is 11.8 Å². The molecule has 0 radical (unpaired) electrons. The van der Waals surface area contributed by atoms with Gasteiger partial charge in [0.15, 0.2) is 0 Å². The molecule has 1 fully saturated rings. The summed E-state index contributed by atoms with van der Waals surface area (Å²) in [5.41, 5.74) is 1.95. The maximum Gasteiger partial charge on any atom is 0.282 e. The molecule has 2 aromatic rings. The van der Waals surface area contributed by atoms with Gasteiger partial charge in [-0.25, -0.2) is 4.90 Å². The average Bonchev–Trinajstić information content (AvgIpc) is 2.93. The van der Waals surface area contributed by atoms with Gasteiger partial charge in [-0.1, -0.05) is 61.3 Å². The maximum atomic E-state index is 13.6. The minimum atomic E-state index is -0.355. The first-order chi connectivity index (χ1) is 13.9. The van der Waals surface area contributed by atoms with Crippen molar-refractivity contribution in [1.82, 2.24) is 4.90 Å². The Hall–Kier alpha value is -2.30. The fourth-order valence-electron chi connectivity index (χ4n) is 4.39. The van der Waals surface area contributed by atoms with Gasteiger partial charge in [-0.15, -0.1) is 0 Å². The van der Waals surface area contributed by atoms with Crippen molar-refractivity contribution >= 4 is 46.3 Å². The Balaban J connectivity index is 1.85. The molecule has 0 spiro atoms. The highest BCUT2D eigenvalue weighted by molar-refractivity contribution is 6.47. The van der Waals surface area contributed by atoms with E-state index in [0.717, 1.165) is 19.5 Å². The summed E-state index contributed by atoms with van der Waals surface area (Å²) >= 11 is 12.4. The van der Waals surface area contributed by atoms with E-state index in [4.69, 9.17) is 23.2 Å². The normalized spacial score (nSPS) is 22.6. The summed E-state index contributed by atoms with van der Waals surface area (Å²) in [6, 6.07) is 14.0. The van der Waals surface area contributed by atoms with Gasteiger partial charge in [-0.05, 0) is 48.1 Å². The first kappa shape index (κ1) is 20.0. The van der Waals surface area contributed by atoms with E-state index in [2.05, 4.69) is 18.7 Å². The first-order valence-electron chi connectivity index (χ1n) is 9.75. The number of para-hydroxylation sites is 1. The van der Waals surface area contributed by atoms with Crippen molar-refractivity contribution in [1.29, 1.82) is 0 Å². The second-order valence-corrected chi connectivity index (χ2v) is 8.82. The lowest BCUT2D eigenvalue weighted by Gasteiger charge is -2.37. The maximum absolute atomic E-state index is 13.6. The third-order valence-electron chi connectivity index (χ3n) is 5.47. The summed E-state index contributed by atoms with van der Waals surface area (Å²) < 4.78 is 0. The van der Waals surface area contributed by atoms with Crippen molar-refractivity contribution in [2.24, 2.45) is 11.8 Å². The van der Waals surface area contributed by atoms with Crippen LogP contribution in [-0.4, -0.2) is 29.8 Å². The molecular formula is C23H22Cl2N2O2. The Morgan fingerprint density at radius 3 is 2.10 bits per heavy atom. The smallest absolute Gasteiger partial charge is 0.282 e. The Morgan fingerprint density at radius 2 is 1.48 bits per heavy atom. The molecule has 0 aromatic heterocycles. The molecule has 4 nitrogen and oxygen atoms in total. The Bertz CT molecular complexity index is 990. The number of likely N-dealkylation sites (tertiary alicyclic amines) is 1. The van der Waals surface area contributed by atoms with Crippen LogP contribution in [0.1, 0.15) is 25.8 Å². The highest BCUT2D eigenvalue weighted by atomic mass is 35.5. The molecule has 0 N–H and O–H groups in total. The summed E-state index contributed by atoms with van der Waals surface area (Å²) in [6.45, 7) is 5.84. The van der Waals surface area contributed by atoms with E-state index in [-0.39, 0.29) is 11.8 Å². The van der Waals surface area contributed by atoms with Gasteiger partial charge < -0.3 is 4.90 Å². The van der Waals surface area contributed by atoms with Crippen LogP contribution in [-0.2, 0) is 9.59 Å². The zero-order chi connectivity index (χ0) is 20.7. The number of nitrogens with zero attached hydrogens (tertiary/aromatic N) is 2. The summed E-state index contributed by atoms with van der Waals surface area (Å²) in [5, 5.41) is 0.946. The second kappa shape index (κ2) is 7.85. The number of rotatable bonds is 3. The molecule has 4 rings (SSSR count). The Kier molecular flexibility index (Phi) is 5.41. The van der Waals surface area contributed by atoms with E-state index in [0.29, 0.717) is 44.4 Å². The minimum absolute atomic E-state index is 0.325. The number of hydrogen-bond acceptors (Lipinski definition) is 3. The van der Waals surface area contributed by atoms with Gasteiger partial charge in [0.1, 0.15) is 5.70 Å². The third kappa shape index (κ3) is 3.67. The fourth-order valence-corrected chi connectivity index (χ4v) is 4.73. The Labute approximate surface area is 180 Å². The lowest BCUT2D eigenvalue weighted by molar-refractivity contribution is -0.120. The number of hydrogen-bond donors (Lipinski definition) is 0. The van der Waals surface area contributed by atoms with Crippen molar-refractivity contribution in [3.63, 3.8) is 0 Å². The van der Waals surface area contributed by atoms with Gasteiger partial charge in [-0.3, -0.25) is 9.59 Å². The number of piperidine rings is 1. The van der Waals surface area contributed by atoms with E-state index in [1.807, 2.05) is 0 Å². The topological polar surface area (TPSA) is 40.6 Å². The highest BCUT2D eigenvalue weighted by Gasteiger charge is 2.44. The molecule has 2 aliphatic heterocycles. The third-order valence-corrected chi connectivity index (χ3v) is 6.04. The molecule has 2 atom stereocenters. The number of amides is 2. The van der Waals surface area contributed by atoms with E-state index in [9.17, 15) is 9.59 Å². The summed E-state index contributed by atoms with van der Waals surface area (Å²) in [7, 11) is 0. The fraction of sp³-hybridized carbons (Fsp3) is 0.304. The SMILES string of the molecule is CC1CC(C)CN(C2=C(c3ccc(Cl)cc3)C(=O)N(c3ccccc3Cl)C2=O)C1. The van der Waals surface area contributed by atoms with Crippen LogP contribution in [0.2, 0.25) is 10.0 Å². The molecule has 0 saturated carbocycles. The van der Waals surface area contributed by atoms with E-state index in [1.165, 1.54) is 4.90 Å². The van der Waals surface area contributed by atoms with Gasteiger partial charge in [0.05, 0.1) is 16.3 Å². The molecule has 0 bridgehead atoms. The number of benzene rings is 2. The van der Waals surface area contributed by atoms with Crippen molar-refractivity contribution in [2.45, 2.75) is 20.3 Å². The van der Waals surface area contributed by atoms with Gasteiger partial charge in [0, 0.05) is 18.1 Å². The Morgan fingerprint density at radius 1 is 0.862 bits per heavy atom. The lowest BCUT2D eigenvalue weighted by atomic mass is 9.91. The zero-order valence-electron chi connectivity index (χ0n) is 16.4. The first-order valence-corrected chi connectivity index (χ1v) is 10.5. The molecule has 29 heavy (non-hydrogen) atoms. The predicted octanol–water partition coefficient (Wildman–Crippen LogP) is 5.26. The van der Waals surface area contributed by atoms with E-state index >= 15 is 0 Å². The summed E-state index contributed by atoms with van der Waals surface area (Å²) in [5.74, 6) is 0.200. The molecule has 2 unspecified atom stereocenters. The largest absolute Gasteiger partial charge is 0.366 e. The molecule has 6 heteroatoms. The standard InChI is InChI=1S/C23H22Cl2N2O2/c1-14-11-15(2)13-26(12-14)21-20(16-7-9-17(24)10-8-16)22(28)27(23(21)29)19-6-4-3-5-18(19)25/h3-10,14-15H,11-13H2,1-2H3. The van der Waals surface area contributed by atoms with Gasteiger partial charge in [-0.2, -0.15) is 0 Å². The predicted molar refractivity (Wildman–Crippen MR) is 117 cm³/mol. The minimum Gasteiger partial charge on any atom is -0.366 e. The molecule has 2 aromatic carbocycles. The number of anilines is 1. The monoisotopic (exact) mass is 428 g/mol. The van der Waals surface area contributed by atoms with Crippen LogP contribution < -0.4 is 4.90 Å². The molecular weight excluding hydrogens is 407 g/mol. The van der Waals surface area contributed by atoms with Crippen LogP contribution in [0.15, 0.2) is 54.2 Å². The average molecular weight is 429 g/mol. The van der Waals surface area contributed by atoms with Crippen LogP contribution in [0.25, 0.3) is 5.57 Å². The van der Waals surface area contributed by atoms with Gasteiger partial charge in [0.2, 0.25) is 0 Å². The van der Waals surface area contributed by atoms with Gasteiger partial charge >= 0.3 is 0 Å². The number of carbonyl (C=O) groups is 2. The van der Waals surface area contributed by atoms with Crippen LogP contribution >= 0.6 is 23.2 Å². The van der Waals surface area contributed by atoms with Crippen molar-refractivity contribution < 1.29 is 9.59 Å². The molecule has 1 saturated heterocycles. The molecule has 150 valence electrons. The van der Waals surface area contributed by atoms with E-state index < -0.39 is 0 Å². The molecule has 2 heterocycles. The van der Waals surface area contributed by atoms with Crippen molar-refractivity contribution in [3.05, 3.63) is 69.8 Å².